The SMILES string of the molecule is COCC(C)NC(=O)Cn1ncc(OCC(C)N)cc1=O. The van der Waals surface area contributed by atoms with Crippen molar-refractivity contribution in [2.24, 2.45) is 5.73 Å². The second-order valence-electron chi connectivity index (χ2n) is 4.90. The zero-order chi connectivity index (χ0) is 15.8. The highest BCUT2D eigenvalue weighted by Crippen LogP contribution is 2.03. The van der Waals surface area contributed by atoms with Crippen molar-refractivity contribution in [3.63, 3.8) is 0 Å². The molecule has 1 amide bonds. The first-order chi connectivity index (χ1) is 9.92. The average molecular weight is 298 g/mol. The van der Waals surface area contributed by atoms with Gasteiger partial charge in [-0.3, -0.25) is 9.59 Å². The molecule has 2 atom stereocenters. The van der Waals surface area contributed by atoms with Gasteiger partial charge in [0.15, 0.2) is 0 Å². The molecule has 1 aromatic rings. The molecule has 1 rings (SSSR count). The Balaban J connectivity index is 2.60. The molecule has 8 nitrogen and oxygen atoms in total. The summed E-state index contributed by atoms with van der Waals surface area (Å²) in [7, 11) is 1.55. The van der Waals surface area contributed by atoms with Crippen LogP contribution >= 0.6 is 0 Å². The first-order valence-electron chi connectivity index (χ1n) is 6.66. The normalized spacial score (nSPS) is 13.5. The van der Waals surface area contributed by atoms with E-state index < -0.39 is 5.56 Å². The molecule has 0 fully saturated rings. The second kappa shape index (κ2) is 8.38. The zero-order valence-electron chi connectivity index (χ0n) is 12.5. The maximum atomic E-state index is 11.8. The Morgan fingerprint density at radius 3 is 2.76 bits per heavy atom. The van der Waals surface area contributed by atoms with Crippen molar-refractivity contribution < 1.29 is 14.3 Å². The molecule has 21 heavy (non-hydrogen) atoms. The van der Waals surface area contributed by atoms with Crippen LogP contribution in [0.25, 0.3) is 0 Å². The molecule has 0 saturated carbocycles. The number of carbonyl (C=O) groups excluding carboxylic acids is 1. The van der Waals surface area contributed by atoms with Crippen LogP contribution in [0.15, 0.2) is 17.1 Å². The van der Waals surface area contributed by atoms with Crippen LogP contribution in [0.1, 0.15) is 13.8 Å². The molecule has 1 aromatic heterocycles. The van der Waals surface area contributed by atoms with E-state index in [9.17, 15) is 9.59 Å². The third kappa shape index (κ3) is 6.37. The summed E-state index contributed by atoms with van der Waals surface area (Å²) in [6.45, 7) is 4.14. The van der Waals surface area contributed by atoms with E-state index in [0.717, 1.165) is 4.68 Å². The number of carbonyl (C=O) groups is 1. The Bertz CT molecular complexity index is 515. The number of hydrogen-bond acceptors (Lipinski definition) is 6. The van der Waals surface area contributed by atoms with Crippen LogP contribution < -0.4 is 21.3 Å². The predicted octanol–water partition coefficient (Wildman–Crippen LogP) is -0.880. The number of aromatic nitrogens is 2. The van der Waals surface area contributed by atoms with Crippen LogP contribution in [0.3, 0.4) is 0 Å². The molecule has 3 N–H and O–H groups in total. The molecule has 8 heteroatoms. The lowest BCUT2D eigenvalue weighted by Crippen LogP contribution is -2.40. The van der Waals surface area contributed by atoms with Gasteiger partial charge in [-0.25, -0.2) is 4.68 Å². The van der Waals surface area contributed by atoms with Crippen molar-refractivity contribution in [3.05, 3.63) is 22.6 Å². The van der Waals surface area contributed by atoms with Gasteiger partial charge in [0.1, 0.15) is 18.9 Å². The van der Waals surface area contributed by atoms with Gasteiger partial charge in [-0.05, 0) is 13.8 Å². The summed E-state index contributed by atoms with van der Waals surface area (Å²) in [5.74, 6) is 0.0279. The summed E-state index contributed by atoms with van der Waals surface area (Å²) in [5, 5.41) is 6.60. The minimum atomic E-state index is -0.410. The van der Waals surface area contributed by atoms with Crippen LogP contribution in [0, 0.1) is 0 Å². The minimum Gasteiger partial charge on any atom is -0.490 e. The summed E-state index contributed by atoms with van der Waals surface area (Å²) in [4.78, 5) is 23.6. The summed E-state index contributed by atoms with van der Waals surface area (Å²) >= 11 is 0. The number of rotatable bonds is 8. The number of ether oxygens (including phenoxy) is 2. The molecule has 0 aliphatic rings. The number of hydrogen-bond donors (Lipinski definition) is 2. The molecule has 0 saturated heterocycles. The molecule has 0 radical (unpaired) electrons. The number of nitrogens with two attached hydrogens (primary N) is 1. The molecule has 2 unspecified atom stereocenters. The maximum Gasteiger partial charge on any atom is 0.270 e. The highest BCUT2D eigenvalue weighted by molar-refractivity contribution is 5.75. The Hall–Kier alpha value is -1.93. The van der Waals surface area contributed by atoms with Gasteiger partial charge in [-0.15, -0.1) is 0 Å². The number of nitrogens with one attached hydrogen (secondary N) is 1. The van der Waals surface area contributed by atoms with E-state index >= 15 is 0 Å². The van der Waals surface area contributed by atoms with Crippen LogP contribution in [-0.4, -0.2) is 48.1 Å². The lowest BCUT2D eigenvalue weighted by Gasteiger charge is -2.13. The van der Waals surface area contributed by atoms with Crippen molar-refractivity contribution >= 4 is 5.91 Å². The molecule has 1 heterocycles. The van der Waals surface area contributed by atoms with E-state index in [0.29, 0.717) is 19.0 Å². The van der Waals surface area contributed by atoms with E-state index in [-0.39, 0.29) is 24.5 Å². The Labute approximate surface area is 123 Å². The fourth-order valence-corrected chi connectivity index (χ4v) is 1.59. The van der Waals surface area contributed by atoms with Gasteiger partial charge in [0.05, 0.1) is 12.8 Å². The van der Waals surface area contributed by atoms with Gasteiger partial charge in [-0.1, -0.05) is 0 Å². The highest BCUT2D eigenvalue weighted by Gasteiger charge is 2.10. The summed E-state index contributed by atoms with van der Waals surface area (Å²) in [5.41, 5.74) is 5.14. The molecule has 0 aliphatic heterocycles. The second-order valence-corrected chi connectivity index (χ2v) is 4.90. The van der Waals surface area contributed by atoms with Crippen molar-refractivity contribution in [1.82, 2.24) is 15.1 Å². The molecule has 0 spiro atoms. The highest BCUT2D eigenvalue weighted by atomic mass is 16.5. The zero-order valence-corrected chi connectivity index (χ0v) is 12.5. The van der Waals surface area contributed by atoms with Crippen LogP contribution in [0.4, 0.5) is 0 Å². The molecular weight excluding hydrogens is 276 g/mol. The average Bonchev–Trinajstić information content (AvgIpc) is 2.39. The van der Waals surface area contributed by atoms with Gasteiger partial charge in [0, 0.05) is 25.3 Å². The summed E-state index contributed by atoms with van der Waals surface area (Å²) < 4.78 is 11.3. The predicted molar refractivity (Wildman–Crippen MR) is 77.1 cm³/mol. The quantitative estimate of drug-likeness (QED) is 0.645. The molecule has 118 valence electrons. The van der Waals surface area contributed by atoms with Crippen LogP contribution in [-0.2, 0) is 16.1 Å². The van der Waals surface area contributed by atoms with Crippen molar-refractivity contribution in [2.75, 3.05) is 20.3 Å². The number of nitrogens with zero attached hydrogens (tertiary/aromatic N) is 2. The van der Waals surface area contributed by atoms with E-state index in [2.05, 4.69) is 10.4 Å². The van der Waals surface area contributed by atoms with E-state index in [1.807, 2.05) is 6.92 Å². The van der Waals surface area contributed by atoms with Crippen molar-refractivity contribution in [1.29, 1.82) is 0 Å². The molecule has 0 bridgehead atoms. The van der Waals surface area contributed by atoms with E-state index in [1.165, 1.54) is 12.3 Å². The summed E-state index contributed by atoms with van der Waals surface area (Å²) in [6.07, 6.45) is 1.38. The Morgan fingerprint density at radius 1 is 1.48 bits per heavy atom. The third-order valence-corrected chi connectivity index (χ3v) is 2.47. The van der Waals surface area contributed by atoms with Crippen LogP contribution in [0.2, 0.25) is 0 Å². The Morgan fingerprint density at radius 2 is 2.19 bits per heavy atom. The molecular formula is C13H22N4O4. The monoisotopic (exact) mass is 298 g/mol. The first kappa shape index (κ1) is 17.1. The van der Waals surface area contributed by atoms with Crippen LogP contribution in [0.5, 0.6) is 5.75 Å². The maximum absolute atomic E-state index is 11.8. The lowest BCUT2D eigenvalue weighted by molar-refractivity contribution is -0.122. The third-order valence-electron chi connectivity index (χ3n) is 2.47. The smallest absolute Gasteiger partial charge is 0.270 e. The van der Waals surface area contributed by atoms with Crippen molar-refractivity contribution in [2.45, 2.75) is 32.5 Å². The van der Waals surface area contributed by atoms with Gasteiger partial charge >= 0.3 is 0 Å². The van der Waals surface area contributed by atoms with E-state index in [4.69, 9.17) is 15.2 Å². The summed E-state index contributed by atoms with van der Waals surface area (Å²) in [6, 6.07) is 1.01. The van der Waals surface area contributed by atoms with Gasteiger partial charge in [0.25, 0.3) is 5.56 Å². The topological polar surface area (TPSA) is 108 Å². The molecule has 0 aromatic carbocycles. The largest absolute Gasteiger partial charge is 0.490 e. The number of amides is 1. The molecule has 0 aliphatic carbocycles. The minimum absolute atomic E-state index is 0.133. The first-order valence-corrected chi connectivity index (χ1v) is 6.66. The number of methoxy groups -OCH3 is 1. The van der Waals surface area contributed by atoms with Crippen molar-refractivity contribution in [3.8, 4) is 5.75 Å². The fourth-order valence-electron chi connectivity index (χ4n) is 1.59. The lowest BCUT2D eigenvalue weighted by atomic mass is 10.3. The fraction of sp³-hybridized carbons (Fsp3) is 0.615. The van der Waals surface area contributed by atoms with Gasteiger partial charge in [-0.2, -0.15) is 5.10 Å². The van der Waals surface area contributed by atoms with Gasteiger partial charge in [0.2, 0.25) is 5.91 Å². The van der Waals surface area contributed by atoms with E-state index in [1.54, 1.807) is 14.0 Å². The Kier molecular flexibility index (Phi) is 6.83. The standard InChI is InChI=1S/C13H22N4O4/c1-9(14)7-21-11-4-13(19)17(15-5-11)6-12(18)16-10(2)8-20-3/h4-5,9-10H,6-8,14H2,1-3H3,(H,16,18). The van der Waals surface area contributed by atoms with Gasteiger partial charge < -0.3 is 20.5 Å².